The van der Waals surface area contributed by atoms with Crippen molar-refractivity contribution in [2.45, 2.75) is 6.61 Å². The van der Waals surface area contributed by atoms with Gasteiger partial charge in [-0.05, 0) is 24.3 Å². The highest BCUT2D eigenvalue weighted by molar-refractivity contribution is 5.92. The molecule has 0 saturated carbocycles. The number of rotatable bonds is 7. The van der Waals surface area contributed by atoms with E-state index in [0.29, 0.717) is 18.1 Å². The maximum absolute atomic E-state index is 12.2. The fourth-order valence-corrected chi connectivity index (χ4v) is 3.03. The van der Waals surface area contributed by atoms with E-state index in [9.17, 15) is 4.79 Å². The van der Waals surface area contributed by atoms with Gasteiger partial charge in [0.05, 0.1) is 18.7 Å². The van der Waals surface area contributed by atoms with Crippen LogP contribution in [0.25, 0.3) is 10.9 Å². The van der Waals surface area contributed by atoms with Crippen molar-refractivity contribution in [1.29, 1.82) is 0 Å². The number of hydrogen-bond acceptors (Lipinski definition) is 7. The maximum atomic E-state index is 12.2. The molecule has 1 fully saturated rings. The van der Waals surface area contributed by atoms with Crippen molar-refractivity contribution in [2.75, 3.05) is 39.4 Å². The summed E-state index contributed by atoms with van der Waals surface area (Å²) < 4.78 is 16.3. The first-order chi connectivity index (χ1) is 13.8. The summed E-state index contributed by atoms with van der Waals surface area (Å²) in [5.41, 5.74) is 1.16. The van der Waals surface area contributed by atoms with Crippen molar-refractivity contribution in [1.82, 2.24) is 20.4 Å². The highest BCUT2D eigenvalue weighted by Crippen LogP contribution is 2.20. The van der Waals surface area contributed by atoms with Gasteiger partial charge in [0.15, 0.2) is 11.5 Å². The van der Waals surface area contributed by atoms with E-state index < -0.39 is 0 Å². The first-order valence-electron chi connectivity index (χ1n) is 9.29. The zero-order chi connectivity index (χ0) is 19.2. The highest BCUT2D eigenvalue weighted by Gasteiger charge is 2.14. The van der Waals surface area contributed by atoms with Crippen LogP contribution in [0.15, 0.2) is 47.1 Å². The molecule has 0 unspecified atom stereocenters. The Morgan fingerprint density at radius 3 is 3.00 bits per heavy atom. The number of ether oxygens (including phenoxy) is 2. The summed E-state index contributed by atoms with van der Waals surface area (Å²) in [4.78, 5) is 18.7. The minimum atomic E-state index is -0.250. The fraction of sp³-hybridized carbons (Fsp3) is 0.350. The Kier molecular flexibility index (Phi) is 5.79. The number of pyridine rings is 1. The number of aromatic nitrogens is 2. The molecule has 0 radical (unpaired) electrons. The lowest BCUT2D eigenvalue weighted by molar-refractivity contribution is 0.0383. The van der Waals surface area contributed by atoms with Gasteiger partial charge in [0.25, 0.3) is 5.91 Å². The molecule has 4 rings (SSSR count). The predicted molar refractivity (Wildman–Crippen MR) is 102 cm³/mol. The molecule has 0 aliphatic carbocycles. The smallest absolute Gasteiger partial charge is 0.273 e. The monoisotopic (exact) mass is 382 g/mol. The van der Waals surface area contributed by atoms with Crippen molar-refractivity contribution >= 4 is 16.8 Å². The second-order valence-electron chi connectivity index (χ2n) is 6.53. The molecule has 0 spiro atoms. The molecule has 1 aliphatic rings. The third kappa shape index (κ3) is 4.65. The molecule has 3 heterocycles. The molecule has 1 aliphatic heterocycles. The number of nitrogens with zero attached hydrogens (tertiary/aromatic N) is 3. The third-order valence-electron chi connectivity index (χ3n) is 4.56. The van der Waals surface area contributed by atoms with E-state index in [1.54, 1.807) is 12.3 Å². The van der Waals surface area contributed by atoms with Gasteiger partial charge in [-0.25, -0.2) is 0 Å². The van der Waals surface area contributed by atoms with Gasteiger partial charge in [0.1, 0.15) is 12.4 Å². The van der Waals surface area contributed by atoms with Crippen LogP contribution in [-0.2, 0) is 11.3 Å². The number of amides is 1. The molecule has 8 heteroatoms. The SMILES string of the molecule is O=C(NCCN1CCOCC1)c1cc(COc2ccc3ncccc3c2)on1. The Morgan fingerprint density at radius 1 is 1.21 bits per heavy atom. The van der Waals surface area contributed by atoms with E-state index in [0.717, 1.165) is 43.8 Å². The standard InChI is InChI=1S/C20H22N4O4/c25-20(22-6-7-24-8-10-26-11-9-24)19-13-17(28-23-19)14-27-16-3-4-18-15(12-16)2-1-5-21-18/h1-5,12-13H,6-11,14H2,(H,22,25). The van der Waals surface area contributed by atoms with Gasteiger partial charge >= 0.3 is 0 Å². The summed E-state index contributed by atoms with van der Waals surface area (Å²) in [6.45, 7) is 4.82. The molecule has 2 aromatic heterocycles. The zero-order valence-electron chi connectivity index (χ0n) is 15.5. The summed E-state index contributed by atoms with van der Waals surface area (Å²) in [5.74, 6) is 0.943. The van der Waals surface area contributed by atoms with Crippen molar-refractivity contribution in [3.8, 4) is 5.75 Å². The Bertz CT molecular complexity index is 937. The van der Waals surface area contributed by atoms with Crippen molar-refractivity contribution < 1.29 is 18.8 Å². The fourth-order valence-electron chi connectivity index (χ4n) is 3.03. The van der Waals surface area contributed by atoms with Crippen LogP contribution in [0.4, 0.5) is 0 Å². The van der Waals surface area contributed by atoms with Gasteiger partial charge < -0.3 is 19.3 Å². The van der Waals surface area contributed by atoms with Gasteiger partial charge in [-0.15, -0.1) is 0 Å². The van der Waals surface area contributed by atoms with E-state index in [-0.39, 0.29) is 18.2 Å². The Morgan fingerprint density at radius 2 is 2.11 bits per heavy atom. The van der Waals surface area contributed by atoms with Gasteiger partial charge in [-0.3, -0.25) is 14.7 Å². The molecule has 1 N–H and O–H groups in total. The second-order valence-corrected chi connectivity index (χ2v) is 6.53. The molecule has 3 aromatic rings. The van der Waals surface area contributed by atoms with E-state index in [1.165, 1.54) is 0 Å². The van der Waals surface area contributed by atoms with Crippen LogP contribution in [0.2, 0.25) is 0 Å². The van der Waals surface area contributed by atoms with Gasteiger partial charge in [-0.2, -0.15) is 0 Å². The molecule has 0 atom stereocenters. The number of carbonyl (C=O) groups excluding carboxylic acids is 1. The molecule has 8 nitrogen and oxygen atoms in total. The lowest BCUT2D eigenvalue weighted by Crippen LogP contribution is -2.41. The largest absolute Gasteiger partial charge is 0.486 e. The van der Waals surface area contributed by atoms with Crippen molar-refractivity contribution in [3.05, 3.63) is 54.0 Å². The summed E-state index contributed by atoms with van der Waals surface area (Å²) in [6, 6.07) is 11.1. The zero-order valence-corrected chi connectivity index (χ0v) is 15.5. The third-order valence-corrected chi connectivity index (χ3v) is 4.56. The van der Waals surface area contributed by atoms with Crippen LogP contribution in [0.3, 0.4) is 0 Å². The minimum Gasteiger partial charge on any atom is -0.486 e. The average Bonchev–Trinajstić information content (AvgIpc) is 3.22. The number of fused-ring (bicyclic) bond motifs is 1. The number of nitrogens with one attached hydrogen (secondary N) is 1. The normalized spacial score (nSPS) is 14.9. The van der Waals surface area contributed by atoms with Crippen LogP contribution in [0.1, 0.15) is 16.2 Å². The summed E-state index contributed by atoms with van der Waals surface area (Å²) in [5, 5.41) is 7.69. The molecular weight excluding hydrogens is 360 g/mol. The van der Waals surface area contributed by atoms with Crippen LogP contribution < -0.4 is 10.1 Å². The van der Waals surface area contributed by atoms with Crippen LogP contribution in [-0.4, -0.2) is 60.3 Å². The van der Waals surface area contributed by atoms with Crippen molar-refractivity contribution in [3.63, 3.8) is 0 Å². The molecule has 146 valence electrons. The second kappa shape index (κ2) is 8.81. The summed E-state index contributed by atoms with van der Waals surface area (Å²) in [7, 11) is 0. The first-order valence-corrected chi connectivity index (χ1v) is 9.29. The number of hydrogen-bond donors (Lipinski definition) is 1. The molecule has 28 heavy (non-hydrogen) atoms. The first kappa shape index (κ1) is 18.4. The Hall–Kier alpha value is -2.97. The van der Waals surface area contributed by atoms with Gasteiger partial charge in [0.2, 0.25) is 0 Å². The number of morpholine rings is 1. The van der Waals surface area contributed by atoms with Gasteiger partial charge in [0, 0.05) is 43.8 Å². The highest BCUT2D eigenvalue weighted by atomic mass is 16.5. The minimum absolute atomic E-state index is 0.194. The Labute approximate surface area is 162 Å². The molecule has 1 saturated heterocycles. The number of carbonyl (C=O) groups is 1. The van der Waals surface area contributed by atoms with E-state index >= 15 is 0 Å². The quantitative estimate of drug-likeness (QED) is 0.667. The molecule has 0 bridgehead atoms. The van der Waals surface area contributed by atoms with E-state index in [1.807, 2.05) is 30.3 Å². The van der Waals surface area contributed by atoms with E-state index in [2.05, 4.69) is 20.4 Å². The van der Waals surface area contributed by atoms with Crippen LogP contribution >= 0.6 is 0 Å². The van der Waals surface area contributed by atoms with Gasteiger partial charge in [-0.1, -0.05) is 11.2 Å². The topological polar surface area (TPSA) is 89.7 Å². The summed E-state index contributed by atoms with van der Waals surface area (Å²) >= 11 is 0. The van der Waals surface area contributed by atoms with E-state index in [4.69, 9.17) is 14.0 Å². The van der Waals surface area contributed by atoms with Crippen molar-refractivity contribution in [2.24, 2.45) is 0 Å². The maximum Gasteiger partial charge on any atom is 0.273 e. The lowest BCUT2D eigenvalue weighted by atomic mass is 10.2. The average molecular weight is 382 g/mol. The Balaban J connectivity index is 1.26. The predicted octanol–water partition coefficient (Wildman–Crippen LogP) is 1.86. The molecule has 1 aromatic carbocycles. The number of benzene rings is 1. The lowest BCUT2D eigenvalue weighted by Gasteiger charge is -2.26. The molecular formula is C20H22N4O4. The van der Waals surface area contributed by atoms with Crippen LogP contribution in [0.5, 0.6) is 5.75 Å². The van der Waals surface area contributed by atoms with Crippen LogP contribution in [0, 0.1) is 0 Å². The summed E-state index contributed by atoms with van der Waals surface area (Å²) in [6.07, 6.45) is 1.75. The molecule has 1 amide bonds.